The molecule has 5 aromatic rings. The van der Waals surface area contributed by atoms with Crippen molar-refractivity contribution < 1.29 is 14.2 Å². The number of pyridine rings is 5. The summed E-state index contributed by atoms with van der Waals surface area (Å²) < 4.78 is 19.5. The number of methoxy groups -OCH3 is 3. The van der Waals surface area contributed by atoms with Gasteiger partial charge in [-0.05, 0) is 112 Å². The summed E-state index contributed by atoms with van der Waals surface area (Å²) in [6.45, 7) is 0. The van der Waals surface area contributed by atoms with Crippen molar-refractivity contribution in [2.45, 2.75) is 0 Å². The number of nitrogens with zero attached hydrogens (tertiary/aromatic N) is 5. The lowest BCUT2D eigenvalue weighted by Gasteiger charge is -1.98. The van der Waals surface area contributed by atoms with Crippen molar-refractivity contribution in [1.82, 2.24) is 24.9 Å². The summed E-state index contributed by atoms with van der Waals surface area (Å²) in [4.78, 5) is 19.4. The fraction of sp³-hybridized carbons (Fsp3) is 0.107. The second kappa shape index (κ2) is 23.1. The lowest BCUT2D eigenvalue weighted by Crippen LogP contribution is -1.86. The first kappa shape index (κ1) is 36.6. The minimum absolute atomic E-state index is 0.623. The second-order valence-electron chi connectivity index (χ2n) is 6.86. The largest absolute Gasteiger partial charge is 0.495 e. The highest BCUT2D eigenvalue weighted by atomic mass is 79.9. The standard InChI is InChI=1S/3C6H6BrNO.2C5H4BrN/c1-9-6-2-3-8-4-5(6)7;1-9-6-3-2-5(7)4-8-6;1-9-6-5(7)3-2-4-8-6;6-5-1-3-7-4-2-5;6-5-2-1-3-7-4-5/h3*2-4H,1H3;2*1-4H. The number of hydrogen-bond donors (Lipinski definition) is 0. The second-order valence-corrected chi connectivity index (χ2v) is 11.3. The number of rotatable bonds is 3. The van der Waals surface area contributed by atoms with Crippen LogP contribution in [0.2, 0.25) is 0 Å². The van der Waals surface area contributed by atoms with Gasteiger partial charge in [-0.3, -0.25) is 15.0 Å². The van der Waals surface area contributed by atoms with E-state index >= 15 is 0 Å². The molecule has 0 saturated heterocycles. The van der Waals surface area contributed by atoms with Gasteiger partial charge in [0.15, 0.2) is 0 Å². The van der Waals surface area contributed by atoms with Crippen LogP contribution in [0.1, 0.15) is 0 Å². The van der Waals surface area contributed by atoms with Crippen molar-refractivity contribution in [3.8, 4) is 17.5 Å². The van der Waals surface area contributed by atoms with Gasteiger partial charge in [0.25, 0.3) is 0 Å². The normalized spacial score (nSPS) is 8.98. The summed E-state index contributed by atoms with van der Waals surface area (Å²) in [7, 11) is 4.81. The zero-order chi connectivity index (χ0) is 30.3. The highest BCUT2D eigenvalue weighted by molar-refractivity contribution is 9.11. The molecular formula is C28H26Br5N5O3. The van der Waals surface area contributed by atoms with Gasteiger partial charge in [-0.15, -0.1) is 0 Å². The molecular weight excluding hydrogens is 854 g/mol. The van der Waals surface area contributed by atoms with Gasteiger partial charge in [-0.2, -0.15) is 0 Å². The summed E-state index contributed by atoms with van der Waals surface area (Å²) in [5, 5.41) is 0. The first-order valence-electron chi connectivity index (χ1n) is 11.3. The quantitative estimate of drug-likeness (QED) is 0.177. The Bertz CT molecular complexity index is 1270. The summed E-state index contributed by atoms with van der Waals surface area (Å²) in [6, 6.07) is 16.8. The van der Waals surface area contributed by atoms with Crippen LogP contribution in [0.15, 0.2) is 127 Å². The SMILES string of the molecule is Brc1cccnc1.Brc1ccncc1.COc1ccc(Br)cn1.COc1ccncc1Br.COc1ncccc1Br. The summed E-state index contributed by atoms with van der Waals surface area (Å²) in [6.07, 6.45) is 13.7. The molecule has 8 nitrogen and oxygen atoms in total. The van der Waals surface area contributed by atoms with Crippen molar-refractivity contribution in [2.24, 2.45) is 0 Å². The Morgan fingerprint density at radius 3 is 1.54 bits per heavy atom. The third-order valence-electron chi connectivity index (χ3n) is 4.05. The summed E-state index contributed by atoms with van der Waals surface area (Å²) in [5.41, 5.74) is 0. The predicted octanol–water partition coefficient (Wildman–Crippen LogP) is 9.25. The number of halogens is 5. The molecule has 0 spiro atoms. The van der Waals surface area contributed by atoms with Gasteiger partial charge in [-0.25, -0.2) is 9.97 Å². The molecule has 0 radical (unpaired) electrons. The smallest absolute Gasteiger partial charge is 0.227 e. The van der Waals surface area contributed by atoms with E-state index in [4.69, 9.17) is 14.2 Å². The zero-order valence-electron chi connectivity index (χ0n) is 22.2. The third kappa shape index (κ3) is 17.9. The molecule has 5 rings (SSSR count). The van der Waals surface area contributed by atoms with E-state index in [1.165, 1.54) is 0 Å². The average Bonchev–Trinajstić information content (AvgIpc) is 3.00. The third-order valence-corrected chi connectivity index (χ3v) is 6.71. The first-order valence-corrected chi connectivity index (χ1v) is 15.3. The van der Waals surface area contributed by atoms with E-state index in [9.17, 15) is 0 Å². The predicted molar refractivity (Wildman–Crippen MR) is 179 cm³/mol. The molecule has 0 aliphatic rings. The summed E-state index contributed by atoms with van der Waals surface area (Å²) >= 11 is 16.3. The van der Waals surface area contributed by atoms with Gasteiger partial charge in [0.1, 0.15) is 5.75 Å². The fourth-order valence-corrected chi connectivity index (χ4v) is 3.78. The molecule has 0 N–H and O–H groups in total. The molecule has 0 bridgehead atoms. The monoisotopic (exact) mass is 875 g/mol. The van der Waals surface area contributed by atoms with Crippen molar-refractivity contribution in [3.05, 3.63) is 127 Å². The topological polar surface area (TPSA) is 92.1 Å². The lowest BCUT2D eigenvalue weighted by atomic mass is 10.5. The Hall–Kier alpha value is -2.45. The van der Waals surface area contributed by atoms with Gasteiger partial charge in [0.05, 0.1) is 30.3 Å². The first-order chi connectivity index (χ1) is 19.8. The van der Waals surface area contributed by atoms with Crippen LogP contribution in [0.5, 0.6) is 17.5 Å². The van der Waals surface area contributed by atoms with E-state index < -0.39 is 0 Å². The molecule has 13 heteroatoms. The summed E-state index contributed by atoms with van der Waals surface area (Å²) in [5.74, 6) is 2.07. The van der Waals surface area contributed by atoms with Gasteiger partial charge in [0, 0.05) is 69.1 Å². The van der Waals surface area contributed by atoms with Gasteiger partial charge in [-0.1, -0.05) is 15.9 Å². The van der Waals surface area contributed by atoms with Crippen LogP contribution in [0.4, 0.5) is 0 Å². The molecule has 41 heavy (non-hydrogen) atoms. The molecule has 216 valence electrons. The van der Waals surface area contributed by atoms with E-state index in [0.29, 0.717) is 11.8 Å². The molecule has 0 aromatic carbocycles. The minimum Gasteiger partial charge on any atom is -0.495 e. The van der Waals surface area contributed by atoms with E-state index in [2.05, 4.69) is 105 Å². The Morgan fingerprint density at radius 1 is 0.488 bits per heavy atom. The van der Waals surface area contributed by atoms with Crippen LogP contribution in [0.3, 0.4) is 0 Å². The zero-order valence-corrected chi connectivity index (χ0v) is 30.1. The molecule has 0 saturated carbocycles. The van der Waals surface area contributed by atoms with Crippen molar-refractivity contribution in [1.29, 1.82) is 0 Å². The Balaban J connectivity index is 0.000000257. The van der Waals surface area contributed by atoms with E-state index in [1.807, 2.05) is 42.5 Å². The van der Waals surface area contributed by atoms with Crippen LogP contribution in [0, 0.1) is 0 Å². The highest BCUT2D eigenvalue weighted by Crippen LogP contribution is 2.21. The number of aromatic nitrogens is 5. The molecule has 0 fully saturated rings. The molecule has 5 heterocycles. The van der Waals surface area contributed by atoms with Crippen LogP contribution in [-0.2, 0) is 0 Å². The average molecular weight is 880 g/mol. The molecule has 5 aromatic heterocycles. The van der Waals surface area contributed by atoms with Crippen LogP contribution in [0.25, 0.3) is 0 Å². The molecule has 0 aliphatic heterocycles. The number of ether oxygens (including phenoxy) is 3. The lowest BCUT2D eigenvalue weighted by molar-refractivity contribution is 0.395. The molecule has 0 unspecified atom stereocenters. The fourth-order valence-electron chi connectivity index (χ4n) is 2.21. The Morgan fingerprint density at radius 2 is 1.15 bits per heavy atom. The minimum atomic E-state index is 0.623. The Labute approximate surface area is 282 Å². The number of hydrogen-bond acceptors (Lipinski definition) is 8. The van der Waals surface area contributed by atoms with E-state index in [-0.39, 0.29) is 0 Å². The van der Waals surface area contributed by atoms with E-state index in [1.54, 1.807) is 83.0 Å². The van der Waals surface area contributed by atoms with Gasteiger partial charge >= 0.3 is 0 Å². The molecule has 0 aliphatic carbocycles. The van der Waals surface area contributed by atoms with Crippen LogP contribution >= 0.6 is 79.6 Å². The van der Waals surface area contributed by atoms with Crippen LogP contribution in [-0.4, -0.2) is 46.2 Å². The van der Waals surface area contributed by atoms with Gasteiger partial charge in [0.2, 0.25) is 11.8 Å². The van der Waals surface area contributed by atoms with Crippen molar-refractivity contribution in [2.75, 3.05) is 21.3 Å². The van der Waals surface area contributed by atoms with Gasteiger partial charge < -0.3 is 14.2 Å². The maximum atomic E-state index is 4.96. The Kier molecular flexibility index (Phi) is 20.7. The molecule has 0 atom stereocenters. The maximum Gasteiger partial charge on any atom is 0.227 e. The van der Waals surface area contributed by atoms with Crippen molar-refractivity contribution in [3.63, 3.8) is 0 Å². The molecule has 0 amide bonds. The highest BCUT2D eigenvalue weighted by Gasteiger charge is 1.95. The maximum absolute atomic E-state index is 4.96. The van der Waals surface area contributed by atoms with E-state index in [0.717, 1.165) is 28.1 Å². The van der Waals surface area contributed by atoms with Crippen molar-refractivity contribution >= 4 is 79.6 Å². The van der Waals surface area contributed by atoms with Crippen LogP contribution < -0.4 is 14.2 Å².